The minimum Gasteiger partial charge on any atom is -0.491 e. The molecule has 2 N–H and O–H groups in total. The SMILES string of the molecule is COCCOc1ccc(-c2nc(Nc3ncc(-c4cccs4)cc3C(=O)O)sc2CC(C)C)cc1. The largest absolute Gasteiger partial charge is 0.491 e. The molecular weight excluding hydrogens is 482 g/mol. The minimum atomic E-state index is -1.04. The van der Waals surface area contributed by atoms with E-state index in [2.05, 4.69) is 24.1 Å². The van der Waals surface area contributed by atoms with Gasteiger partial charge in [-0.25, -0.2) is 14.8 Å². The van der Waals surface area contributed by atoms with Gasteiger partial charge in [0, 0.05) is 34.2 Å². The Kier molecular flexibility index (Phi) is 8.12. The van der Waals surface area contributed by atoms with E-state index >= 15 is 0 Å². The van der Waals surface area contributed by atoms with Crippen molar-refractivity contribution >= 4 is 39.6 Å². The summed E-state index contributed by atoms with van der Waals surface area (Å²) >= 11 is 3.06. The lowest BCUT2D eigenvalue weighted by atomic mass is 10.0. The van der Waals surface area contributed by atoms with Crippen LogP contribution >= 0.6 is 22.7 Å². The van der Waals surface area contributed by atoms with Crippen LogP contribution in [0.15, 0.2) is 54.0 Å². The van der Waals surface area contributed by atoms with Crippen LogP contribution in [0.5, 0.6) is 5.75 Å². The zero-order valence-corrected chi connectivity index (χ0v) is 21.4. The summed E-state index contributed by atoms with van der Waals surface area (Å²) in [7, 11) is 1.64. The summed E-state index contributed by atoms with van der Waals surface area (Å²) in [6.45, 7) is 5.35. The van der Waals surface area contributed by atoms with E-state index in [9.17, 15) is 9.90 Å². The standard InChI is InChI=1S/C26H27N3O4S2/c1-16(2)13-22-23(17-6-8-19(9-7-17)33-11-10-32-3)28-26(35-22)29-24-20(25(30)31)14-18(15-27-24)21-5-4-12-34-21/h4-9,12,14-16H,10-11,13H2,1-3H3,(H,30,31)(H,27,28,29). The highest BCUT2D eigenvalue weighted by atomic mass is 32.1. The summed E-state index contributed by atoms with van der Waals surface area (Å²) in [5.74, 6) is 0.445. The first-order valence-corrected chi connectivity index (χ1v) is 12.9. The second kappa shape index (κ2) is 11.4. The molecule has 4 rings (SSSR count). The third-order valence-corrected chi connectivity index (χ3v) is 7.04. The Bertz CT molecular complexity index is 1270. The molecule has 0 saturated heterocycles. The van der Waals surface area contributed by atoms with Gasteiger partial charge in [-0.2, -0.15) is 0 Å². The zero-order valence-electron chi connectivity index (χ0n) is 19.8. The number of hydrogen-bond acceptors (Lipinski definition) is 8. The van der Waals surface area contributed by atoms with E-state index in [4.69, 9.17) is 14.5 Å². The van der Waals surface area contributed by atoms with Crippen LogP contribution in [0.4, 0.5) is 10.9 Å². The second-order valence-corrected chi connectivity index (χ2v) is 10.3. The van der Waals surface area contributed by atoms with Crippen molar-refractivity contribution in [3.05, 3.63) is 64.5 Å². The molecule has 0 saturated carbocycles. The number of carboxylic acids is 1. The van der Waals surface area contributed by atoms with Crippen LogP contribution in [-0.4, -0.2) is 41.4 Å². The number of aromatic nitrogens is 2. The molecule has 35 heavy (non-hydrogen) atoms. The van der Waals surface area contributed by atoms with Crippen LogP contribution in [-0.2, 0) is 11.2 Å². The molecule has 0 unspecified atom stereocenters. The van der Waals surface area contributed by atoms with Gasteiger partial charge in [0.05, 0.1) is 12.3 Å². The summed E-state index contributed by atoms with van der Waals surface area (Å²) < 4.78 is 10.7. The normalized spacial score (nSPS) is 11.1. The molecule has 7 nitrogen and oxygen atoms in total. The van der Waals surface area contributed by atoms with E-state index < -0.39 is 5.97 Å². The summed E-state index contributed by atoms with van der Waals surface area (Å²) in [5, 5.41) is 15.5. The van der Waals surface area contributed by atoms with Gasteiger partial charge in [-0.15, -0.1) is 22.7 Å². The van der Waals surface area contributed by atoms with Crippen molar-refractivity contribution < 1.29 is 19.4 Å². The first-order valence-electron chi connectivity index (χ1n) is 11.2. The third-order valence-electron chi connectivity index (χ3n) is 5.12. The smallest absolute Gasteiger partial charge is 0.339 e. The predicted molar refractivity (Wildman–Crippen MR) is 141 cm³/mol. The number of aromatic carboxylic acids is 1. The number of hydrogen-bond donors (Lipinski definition) is 2. The first-order chi connectivity index (χ1) is 16.9. The van der Waals surface area contributed by atoms with E-state index in [0.717, 1.165) is 38.7 Å². The number of nitrogens with one attached hydrogen (secondary N) is 1. The molecule has 0 aliphatic carbocycles. The van der Waals surface area contributed by atoms with Gasteiger partial charge in [-0.05, 0) is 54.1 Å². The first kappa shape index (κ1) is 24.8. The number of carboxylic acid groups (broad SMARTS) is 1. The number of ether oxygens (including phenoxy) is 2. The number of nitrogens with zero attached hydrogens (tertiary/aromatic N) is 2. The van der Waals surface area contributed by atoms with Crippen molar-refractivity contribution in [3.63, 3.8) is 0 Å². The molecule has 3 heterocycles. The molecular formula is C26H27N3O4S2. The van der Waals surface area contributed by atoms with E-state index in [1.807, 2.05) is 41.8 Å². The highest BCUT2D eigenvalue weighted by Crippen LogP contribution is 2.36. The van der Waals surface area contributed by atoms with Crippen molar-refractivity contribution in [2.75, 3.05) is 25.6 Å². The van der Waals surface area contributed by atoms with Gasteiger partial charge >= 0.3 is 5.97 Å². The van der Waals surface area contributed by atoms with Crippen LogP contribution in [0.1, 0.15) is 29.1 Å². The molecule has 0 amide bonds. The monoisotopic (exact) mass is 509 g/mol. The lowest BCUT2D eigenvalue weighted by Gasteiger charge is -2.08. The summed E-state index contributed by atoms with van der Waals surface area (Å²) in [6, 6.07) is 13.3. The fourth-order valence-corrected chi connectivity index (χ4v) is 5.40. The Morgan fingerprint density at radius 3 is 2.60 bits per heavy atom. The van der Waals surface area contributed by atoms with E-state index in [0.29, 0.717) is 24.3 Å². The fourth-order valence-electron chi connectivity index (χ4n) is 3.50. The highest BCUT2D eigenvalue weighted by molar-refractivity contribution is 7.16. The second-order valence-electron chi connectivity index (χ2n) is 8.28. The molecule has 0 aliphatic heterocycles. The van der Waals surface area contributed by atoms with Crippen molar-refractivity contribution in [2.45, 2.75) is 20.3 Å². The van der Waals surface area contributed by atoms with Crippen molar-refractivity contribution in [1.82, 2.24) is 9.97 Å². The molecule has 0 fully saturated rings. The average molecular weight is 510 g/mol. The van der Waals surface area contributed by atoms with Gasteiger partial charge in [0.25, 0.3) is 0 Å². The van der Waals surface area contributed by atoms with Crippen LogP contribution < -0.4 is 10.1 Å². The molecule has 0 spiro atoms. The maximum atomic E-state index is 12.0. The topological polar surface area (TPSA) is 93.6 Å². The average Bonchev–Trinajstić information content (AvgIpc) is 3.50. The van der Waals surface area contributed by atoms with E-state index in [1.165, 1.54) is 11.3 Å². The van der Waals surface area contributed by atoms with Gasteiger partial charge in [-0.3, -0.25) is 0 Å². The molecule has 0 atom stereocenters. The maximum Gasteiger partial charge on any atom is 0.339 e. The van der Waals surface area contributed by atoms with E-state index in [1.54, 1.807) is 30.7 Å². The molecule has 182 valence electrons. The number of pyridine rings is 1. The van der Waals surface area contributed by atoms with Gasteiger partial charge in [0.1, 0.15) is 23.7 Å². The Balaban J connectivity index is 1.62. The molecule has 0 bridgehead atoms. The molecule has 3 aromatic heterocycles. The quantitative estimate of drug-likeness (QED) is 0.220. The lowest BCUT2D eigenvalue weighted by Crippen LogP contribution is -2.05. The fraction of sp³-hybridized carbons (Fsp3) is 0.269. The minimum absolute atomic E-state index is 0.107. The van der Waals surface area contributed by atoms with Crippen LogP contribution in [0.2, 0.25) is 0 Å². The Hall–Kier alpha value is -3.27. The van der Waals surface area contributed by atoms with E-state index in [-0.39, 0.29) is 11.4 Å². The predicted octanol–water partition coefficient (Wildman–Crippen LogP) is 6.60. The third kappa shape index (κ3) is 6.25. The Morgan fingerprint density at radius 2 is 1.94 bits per heavy atom. The summed E-state index contributed by atoms with van der Waals surface area (Å²) in [6.07, 6.45) is 2.55. The number of benzene rings is 1. The Labute approximate surface area is 212 Å². The van der Waals surface area contributed by atoms with Crippen LogP contribution in [0, 0.1) is 5.92 Å². The number of thiophene rings is 1. The lowest BCUT2D eigenvalue weighted by molar-refractivity contribution is 0.0697. The van der Waals surface area contributed by atoms with Gasteiger partial charge < -0.3 is 19.9 Å². The number of rotatable bonds is 11. The molecule has 9 heteroatoms. The van der Waals surface area contributed by atoms with Crippen molar-refractivity contribution in [2.24, 2.45) is 5.92 Å². The van der Waals surface area contributed by atoms with Crippen LogP contribution in [0.25, 0.3) is 21.7 Å². The zero-order chi connectivity index (χ0) is 24.8. The van der Waals surface area contributed by atoms with Gasteiger partial charge in [0.2, 0.25) is 0 Å². The highest BCUT2D eigenvalue weighted by Gasteiger charge is 2.19. The maximum absolute atomic E-state index is 12.0. The van der Waals surface area contributed by atoms with Crippen LogP contribution in [0.3, 0.4) is 0 Å². The van der Waals surface area contributed by atoms with Crippen molar-refractivity contribution in [3.8, 4) is 27.4 Å². The summed E-state index contributed by atoms with van der Waals surface area (Å²) in [5.41, 5.74) is 2.73. The number of thiazole rings is 1. The molecule has 0 radical (unpaired) electrons. The number of anilines is 2. The molecule has 4 aromatic rings. The Morgan fingerprint density at radius 1 is 1.14 bits per heavy atom. The van der Waals surface area contributed by atoms with Gasteiger partial charge in [0.15, 0.2) is 5.13 Å². The number of carbonyl (C=O) groups is 1. The summed E-state index contributed by atoms with van der Waals surface area (Å²) in [4.78, 5) is 23.3. The van der Waals surface area contributed by atoms with Crippen molar-refractivity contribution in [1.29, 1.82) is 0 Å². The van der Waals surface area contributed by atoms with Gasteiger partial charge in [-0.1, -0.05) is 19.9 Å². The number of methoxy groups -OCH3 is 1. The molecule has 0 aliphatic rings. The molecule has 1 aromatic carbocycles.